The number of halogens is 1. The lowest BCUT2D eigenvalue weighted by Crippen LogP contribution is -2.64. The molecule has 0 aromatic heterocycles. The van der Waals surface area contributed by atoms with Crippen molar-refractivity contribution in [2.75, 3.05) is 19.7 Å². The second-order valence-electron chi connectivity index (χ2n) is 6.34. The molecule has 0 bridgehead atoms. The Kier molecular flexibility index (Phi) is 3.60. The zero-order valence-electron chi connectivity index (χ0n) is 11.2. The van der Waals surface area contributed by atoms with Gasteiger partial charge >= 0.3 is 6.09 Å². The molecular weight excluding hydrogens is 241 g/mol. The van der Waals surface area contributed by atoms with Crippen LogP contribution in [0.2, 0.25) is 18.1 Å². The first kappa shape index (κ1) is 14.4. The van der Waals surface area contributed by atoms with Crippen molar-refractivity contribution < 1.29 is 18.7 Å². The number of alkyl halides is 1. The first-order valence-corrected chi connectivity index (χ1v) is 8.68. The van der Waals surface area contributed by atoms with Gasteiger partial charge in [-0.25, -0.2) is 9.18 Å². The maximum absolute atomic E-state index is 14.0. The summed E-state index contributed by atoms with van der Waals surface area (Å²) in [4.78, 5) is 11.6. The quantitative estimate of drug-likeness (QED) is 0.796. The van der Waals surface area contributed by atoms with E-state index in [1.807, 2.05) is 0 Å². The van der Waals surface area contributed by atoms with Crippen LogP contribution in [-0.2, 0) is 4.43 Å². The van der Waals surface area contributed by atoms with Crippen LogP contribution in [0.4, 0.5) is 9.18 Å². The van der Waals surface area contributed by atoms with Crippen molar-refractivity contribution >= 4 is 14.4 Å². The molecule has 0 radical (unpaired) electrons. The van der Waals surface area contributed by atoms with Crippen molar-refractivity contribution in [1.29, 1.82) is 0 Å². The summed E-state index contributed by atoms with van der Waals surface area (Å²) in [6.07, 6.45) is -1.06. The third kappa shape index (κ3) is 3.19. The van der Waals surface area contributed by atoms with Crippen LogP contribution in [-0.4, -0.2) is 49.8 Å². The fourth-order valence-electron chi connectivity index (χ4n) is 1.39. The van der Waals surface area contributed by atoms with E-state index in [2.05, 4.69) is 33.9 Å². The van der Waals surface area contributed by atoms with Crippen molar-refractivity contribution in [3.8, 4) is 0 Å². The standard InChI is InChI=1S/C11H22FNO3Si/c1-10(2,3)17(4,5)16-8-11(12)6-13(7-11)9(14)15/h6-8H2,1-5H3,(H,14,15). The Hall–Kier alpha value is -0.623. The molecule has 100 valence electrons. The number of hydrogen-bond donors (Lipinski definition) is 1. The number of carbonyl (C=O) groups is 1. The second-order valence-corrected chi connectivity index (χ2v) is 11.1. The predicted octanol–water partition coefficient (Wildman–Crippen LogP) is 2.71. The molecule has 0 aromatic rings. The summed E-state index contributed by atoms with van der Waals surface area (Å²) in [6.45, 7) is 10.3. The molecule has 1 amide bonds. The minimum Gasteiger partial charge on any atom is -0.465 e. The van der Waals surface area contributed by atoms with Gasteiger partial charge in [0.2, 0.25) is 0 Å². The van der Waals surface area contributed by atoms with E-state index in [0.29, 0.717) is 0 Å². The average molecular weight is 263 g/mol. The van der Waals surface area contributed by atoms with Crippen LogP contribution >= 0.6 is 0 Å². The Morgan fingerprint density at radius 1 is 1.47 bits per heavy atom. The van der Waals surface area contributed by atoms with Gasteiger partial charge in [-0.3, -0.25) is 0 Å². The topological polar surface area (TPSA) is 49.8 Å². The molecular formula is C11H22FNO3Si. The molecule has 0 saturated carbocycles. The molecule has 1 rings (SSSR count). The number of carboxylic acid groups (broad SMARTS) is 1. The molecule has 0 unspecified atom stereocenters. The predicted molar refractivity (Wildman–Crippen MR) is 66.6 cm³/mol. The Morgan fingerprint density at radius 2 is 1.94 bits per heavy atom. The maximum Gasteiger partial charge on any atom is 0.407 e. The Labute approximate surface area is 103 Å². The summed E-state index contributed by atoms with van der Waals surface area (Å²) in [5.41, 5.74) is -1.49. The highest BCUT2D eigenvalue weighted by atomic mass is 28.4. The number of hydrogen-bond acceptors (Lipinski definition) is 2. The van der Waals surface area contributed by atoms with E-state index in [9.17, 15) is 9.18 Å². The van der Waals surface area contributed by atoms with E-state index in [4.69, 9.17) is 9.53 Å². The van der Waals surface area contributed by atoms with E-state index in [0.717, 1.165) is 4.90 Å². The van der Waals surface area contributed by atoms with Gasteiger partial charge in [-0.05, 0) is 18.1 Å². The molecule has 1 heterocycles. The van der Waals surface area contributed by atoms with E-state index in [-0.39, 0.29) is 24.7 Å². The molecule has 0 spiro atoms. The summed E-state index contributed by atoms with van der Waals surface area (Å²) >= 11 is 0. The van der Waals surface area contributed by atoms with Crippen LogP contribution in [0.1, 0.15) is 20.8 Å². The van der Waals surface area contributed by atoms with Crippen LogP contribution < -0.4 is 0 Å². The van der Waals surface area contributed by atoms with Crippen molar-refractivity contribution in [1.82, 2.24) is 4.90 Å². The fourth-order valence-corrected chi connectivity index (χ4v) is 2.44. The Morgan fingerprint density at radius 3 is 2.29 bits per heavy atom. The van der Waals surface area contributed by atoms with Gasteiger partial charge in [0.05, 0.1) is 19.7 Å². The Balaban J connectivity index is 2.45. The highest BCUT2D eigenvalue weighted by Crippen LogP contribution is 2.38. The minimum atomic E-state index is -1.95. The third-order valence-electron chi connectivity index (χ3n) is 3.72. The smallest absolute Gasteiger partial charge is 0.407 e. The van der Waals surface area contributed by atoms with E-state index in [1.165, 1.54) is 0 Å². The summed E-state index contributed by atoms with van der Waals surface area (Å²) in [6, 6.07) is 0. The molecule has 1 aliphatic rings. The molecule has 1 fully saturated rings. The van der Waals surface area contributed by atoms with Crippen LogP contribution in [0.3, 0.4) is 0 Å². The second kappa shape index (κ2) is 4.24. The van der Waals surface area contributed by atoms with E-state index < -0.39 is 20.1 Å². The largest absolute Gasteiger partial charge is 0.465 e. The van der Waals surface area contributed by atoms with Crippen molar-refractivity contribution in [3.63, 3.8) is 0 Å². The van der Waals surface area contributed by atoms with Gasteiger partial charge < -0.3 is 14.4 Å². The highest BCUT2D eigenvalue weighted by molar-refractivity contribution is 6.74. The van der Waals surface area contributed by atoms with E-state index in [1.54, 1.807) is 0 Å². The number of rotatable bonds is 3. The van der Waals surface area contributed by atoms with Crippen LogP contribution in [0, 0.1) is 0 Å². The van der Waals surface area contributed by atoms with Gasteiger partial charge in [-0.1, -0.05) is 20.8 Å². The first-order chi connectivity index (χ1) is 7.47. The first-order valence-electron chi connectivity index (χ1n) is 5.78. The monoisotopic (exact) mass is 263 g/mol. The molecule has 1 N–H and O–H groups in total. The van der Waals surface area contributed by atoms with Crippen molar-refractivity contribution in [3.05, 3.63) is 0 Å². The zero-order chi connectivity index (χ0) is 13.5. The zero-order valence-corrected chi connectivity index (χ0v) is 12.2. The van der Waals surface area contributed by atoms with Crippen LogP contribution in [0.5, 0.6) is 0 Å². The highest BCUT2D eigenvalue weighted by Gasteiger charge is 2.48. The maximum atomic E-state index is 14.0. The van der Waals surface area contributed by atoms with Gasteiger partial charge in [-0.2, -0.15) is 0 Å². The molecule has 4 nitrogen and oxygen atoms in total. The lowest BCUT2D eigenvalue weighted by Gasteiger charge is -2.45. The molecule has 0 atom stereocenters. The minimum absolute atomic E-state index is 0.00721. The molecule has 0 aromatic carbocycles. The summed E-state index contributed by atoms with van der Waals surface area (Å²) in [5, 5.41) is 8.69. The molecule has 17 heavy (non-hydrogen) atoms. The summed E-state index contributed by atoms with van der Waals surface area (Å²) in [5.74, 6) is 0. The normalized spacial score (nSPS) is 20.0. The van der Waals surface area contributed by atoms with Crippen LogP contribution in [0.15, 0.2) is 0 Å². The number of nitrogens with zero attached hydrogens (tertiary/aromatic N) is 1. The van der Waals surface area contributed by atoms with Gasteiger partial charge in [0.25, 0.3) is 0 Å². The van der Waals surface area contributed by atoms with Crippen molar-refractivity contribution in [2.24, 2.45) is 0 Å². The summed E-state index contributed by atoms with van der Waals surface area (Å²) in [7, 11) is -1.95. The third-order valence-corrected chi connectivity index (χ3v) is 8.20. The van der Waals surface area contributed by atoms with E-state index >= 15 is 0 Å². The Bertz CT molecular complexity index is 308. The SMILES string of the molecule is CC(C)(C)[Si](C)(C)OCC1(F)CN(C(=O)O)C1. The lowest BCUT2D eigenvalue weighted by atomic mass is 9.98. The number of amides is 1. The van der Waals surface area contributed by atoms with Crippen molar-refractivity contribution in [2.45, 2.75) is 44.6 Å². The van der Waals surface area contributed by atoms with Gasteiger partial charge in [0, 0.05) is 0 Å². The van der Waals surface area contributed by atoms with Crippen LogP contribution in [0.25, 0.3) is 0 Å². The lowest BCUT2D eigenvalue weighted by molar-refractivity contribution is -0.0505. The fraction of sp³-hybridized carbons (Fsp3) is 0.909. The molecule has 1 saturated heterocycles. The molecule has 6 heteroatoms. The molecule has 0 aliphatic carbocycles. The van der Waals surface area contributed by atoms with Gasteiger partial charge in [0.15, 0.2) is 14.0 Å². The van der Waals surface area contributed by atoms with Gasteiger partial charge in [0.1, 0.15) is 0 Å². The summed E-state index contributed by atoms with van der Waals surface area (Å²) < 4.78 is 19.8. The molecule has 1 aliphatic heterocycles. The van der Waals surface area contributed by atoms with Gasteiger partial charge in [-0.15, -0.1) is 0 Å². The number of likely N-dealkylation sites (tertiary alicyclic amines) is 1. The average Bonchev–Trinajstić information content (AvgIpc) is 2.08.